The molecule has 4 N–H and O–H groups in total. The molecule has 0 bridgehead atoms. The zero-order valence-corrected chi connectivity index (χ0v) is 21.3. The minimum atomic E-state index is -0.773. The number of unbranched alkanes of at least 4 members (excludes halogenated alkanes) is 1. The number of thiazole rings is 1. The third kappa shape index (κ3) is 5.76. The van der Waals surface area contributed by atoms with Gasteiger partial charge in [-0.2, -0.15) is 0 Å². The van der Waals surface area contributed by atoms with Crippen LogP contribution in [-0.4, -0.2) is 66.8 Å². The molecule has 2 fully saturated rings. The normalized spacial score (nSPS) is 19.9. The number of likely N-dealkylation sites (tertiary alicyclic amines) is 1. The van der Waals surface area contributed by atoms with Gasteiger partial charge in [0.1, 0.15) is 17.4 Å². The van der Waals surface area contributed by atoms with Gasteiger partial charge >= 0.3 is 6.09 Å². The number of aromatic nitrogens is 1. The lowest BCUT2D eigenvalue weighted by Gasteiger charge is -2.43. The van der Waals surface area contributed by atoms with Crippen molar-refractivity contribution in [1.82, 2.24) is 15.2 Å². The molecule has 0 radical (unpaired) electrons. The maximum absolute atomic E-state index is 13.7. The predicted octanol–water partition coefficient (Wildman–Crippen LogP) is 3.39. The number of amides is 2. The van der Waals surface area contributed by atoms with Crippen LogP contribution in [0.4, 0.5) is 9.93 Å². The number of piperidine rings is 1. The Kier molecular flexibility index (Phi) is 8.25. The minimum absolute atomic E-state index is 0.0664. The van der Waals surface area contributed by atoms with Crippen molar-refractivity contribution in [3.05, 3.63) is 29.1 Å². The van der Waals surface area contributed by atoms with Crippen LogP contribution in [0.5, 0.6) is 5.75 Å². The van der Waals surface area contributed by atoms with Crippen molar-refractivity contribution < 1.29 is 19.1 Å². The number of rotatable bonds is 9. The van der Waals surface area contributed by atoms with Gasteiger partial charge in [0.2, 0.25) is 5.91 Å². The fraction of sp³-hybridized carbons (Fsp3) is 0.560. The molecule has 2 aliphatic rings. The Morgan fingerprint density at radius 3 is 2.86 bits per heavy atom. The Labute approximate surface area is 210 Å². The number of nitrogens with two attached hydrogens (primary N) is 1. The van der Waals surface area contributed by atoms with Crippen LogP contribution in [0, 0.1) is 0 Å². The lowest BCUT2D eigenvalue weighted by atomic mass is 9.85. The largest absolute Gasteiger partial charge is 0.496 e. The number of nitrogens with zero attached hydrogens (tertiary/aromatic N) is 2. The Hall–Kier alpha value is -2.69. The van der Waals surface area contributed by atoms with Crippen LogP contribution >= 0.6 is 11.3 Å². The van der Waals surface area contributed by atoms with Crippen molar-refractivity contribution in [3.63, 3.8) is 0 Å². The van der Waals surface area contributed by atoms with E-state index < -0.39 is 11.6 Å². The Morgan fingerprint density at radius 2 is 2.14 bits per heavy atom. The van der Waals surface area contributed by atoms with Gasteiger partial charge in [-0.05, 0) is 62.9 Å². The molecule has 10 heteroatoms. The molecule has 0 aliphatic carbocycles. The van der Waals surface area contributed by atoms with E-state index in [1.54, 1.807) is 7.11 Å². The summed E-state index contributed by atoms with van der Waals surface area (Å²) in [5, 5.41) is 8.95. The van der Waals surface area contributed by atoms with Crippen molar-refractivity contribution in [3.8, 4) is 17.0 Å². The first kappa shape index (κ1) is 25.4. The molecule has 2 aromatic rings. The van der Waals surface area contributed by atoms with Crippen LogP contribution in [0.25, 0.3) is 11.3 Å². The quantitative estimate of drug-likeness (QED) is 0.482. The second-order valence-corrected chi connectivity index (χ2v) is 10.1. The number of carbonyl (C=O) groups is 2. The number of carbonyl (C=O) groups excluding carboxylic acids is 2. The fourth-order valence-electron chi connectivity index (χ4n) is 5.06. The van der Waals surface area contributed by atoms with Gasteiger partial charge in [0, 0.05) is 24.0 Å². The summed E-state index contributed by atoms with van der Waals surface area (Å²) in [6.45, 7) is 4.85. The highest BCUT2D eigenvalue weighted by Gasteiger charge is 2.48. The summed E-state index contributed by atoms with van der Waals surface area (Å²) in [4.78, 5) is 31.8. The number of hydrogen-bond donors (Lipinski definition) is 3. The first-order valence-corrected chi connectivity index (χ1v) is 13.2. The SMILES string of the molecule is CCCCc1ccc(OC)c(-c2csc(NC(=O)C3(N4CCC(OC(N)=O)C4)CCNCC3)n2)c1. The second-order valence-electron chi connectivity index (χ2n) is 9.21. The van der Waals surface area contributed by atoms with E-state index >= 15 is 0 Å². The van der Waals surface area contributed by atoms with E-state index in [0.717, 1.165) is 49.4 Å². The van der Waals surface area contributed by atoms with Gasteiger partial charge in [0.25, 0.3) is 0 Å². The highest BCUT2D eigenvalue weighted by Crippen LogP contribution is 2.36. The van der Waals surface area contributed by atoms with Crippen LogP contribution in [0.1, 0.15) is 44.6 Å². The zero-order valence-electron chi connectivity index (χ0n) is 20.5. The molecule has 1 aromatic carbocycles. The molecule has 1 unspecified atom stereocenters. The summed E-state index contributed by atoms with van der Waals surface area (Å²) < 4.78 is 10.8. The molecule has 9 nitrogen and oxygen atoms in total. The number of aryl methyl sites for hydroxylation is 1. The van der Waals surface area contributed by atoms with Crippen molar-refractivity contribution in [2.45, 2.75) is 57.1 Å². The Bertz CT molecular complexity index is 1040. The maximum atomic E-state index is 13.7. The van der Waals surface area contributed by atoms with Crippen LogP contribution in [0.2, 0.25) is 0 Å². The summed E-state index contributed by atoms with van der Waals surface area (Å²) in [5.41, 5.74) is 7.50. The molecule has 1 atom stereocenters. The second kappa shape index (κ2) is 11.4. The molecule has 3 heterocycles. The molecule has 4 rings (SSSR count). The molecule has 0 spiro atoms. The van der Waals surface area contributed by atoms with E-state index in [1.165, 1.54) is 16.9 Å². The van der Waals surface area contributed by atoms with E-state index in [4.69, 9.17) is 20.2 Å². The highest BCUT2D eigenvalue weighted by molar-refractivity contribution is 7.14. The first-order valence-electron chi connectivity index (χ1n) is 12.3. The van der Waals surface area contributed by atoms with Gasteiger partial charge in [-0.25, -0.2) is 9.78 Å². The molecular weight excluding hydrogens is 466 g/mol. The van der Waals surface area contributed by atoms with Gasteiger partial charge in [-0.3, -0.25) is 9.69 Å². The van der Waals surface area contributed by atoms with E-state index in [2.05, 4.69) is 34.6 Å². The summed E-state index contributed by atoms with van der Waals surface area (Å²) in [6.07, 6.45) is 4.23. The first-order chi connectivity index (χ1) is 16.9. The average molecular weight is 502 g/mol. The topological polar surface area (TPSA) is 119 Å². The van der Waals surface area contributed by atoms with Gasteiger partial charge in [0.05, 0.1) is 12.8 Å². The third-order valence-electron chi connectivity index (χ3n) is 6.97. The standard InChI is InChI=1S/C25H35N5O4S/c1-3-4-5-17-6-7-21(33-2)19(14-17)20-16-35-24(28-20)29-22(31)25(9-11-27-12-10-25)30-13-8-18(15-30)34-23(26)32/h6-7,14,16,18,27H,3-5,8-13,15H2,1-2H3,(H2,26,32)(H,28,29,31). The van der Waals surface area contributed by atoms with Crippen LogP contribution < -0.4 is 21.1 Å². The number of anilines is 1. The van der Waals surface area contributed by atoms with E-state index in [9.17, 15) is 9.59 Å². The van der Waals surface area contributed by atoms with Crippen molar-refractivity contribution >= 4 is 28.5 Å². The Morgan fingerprint density at radius 1 is 1.34 bits per heavy atom. The lowest BCUT2D eigenvalue weighted by Crippen LogP contribution is -2.61. The molecule has 0 saturated carbocycles. The lowest BCUT2D eigenvalue weighted by molar-refractivity contribution is -0.129. The van der Waals surface area contributed by atoms with Crippen LogP contribution in [0.3, 0.4) is 0 Å². The number of methoxy groups -OCH3 is 1. The van der Waals surface area contributed by atoms with E-state index in [1.807, 2.05) is 11.4 Å². The summed E-state index contributed by atoms with van der Waals surface area (Å²) >= 11 is 1.41. The van der Waals surface area contributed by atoms with E-state index in [0.29, 0.717) is 37.5 Å². The molecule has 1 aromatic heterocycles. The van der Waals surface area contributed by atoms with Crippen molar-refractivity contribution in [1.29, 1.82) is 0 Å². The van der Waals surface area contributed by atoms with Crippen LogP contribution in [-0.2, 0) is 16.0 Å². The molecular formula is C25H35N5O4S. The summed E-state index contributed by atoms with van der Waals surface area (Å²) in [6, 6.07) is 6.21. The highest BCUT2D eigenvalue weighted by atomic mass is 32.1. The number of nitrogens with one attached hydrogen (secondary N) is 2. The van der Waals surface area contributed by atoms with Gasteiger partial charge in [0.15, 0.2) is 5.13 Å². The van der Waals surface area contributed by atoms with Gasteiger partial charge in [-0.1, -0.05) is 19.4 Å². The fourth-order valence-corrected chi connectivity index (χ4v) is 5.77. The summed E-state index contributed by atoms with van der Waals surface area (Å²) in [7, 11) is 1.66. The van der Waals surface area contributed by atoms with Crippen molar-refractivity contribution in [2.75, 3.05) is 38.6 Å². The van der Waals surface area contributed by atoms with E-state index in [-0.39, 0.29) is 12.0 Å². The number of hydrogen-bond acceptors (Lipinski definition) is 8. The summed E-state index contributed by atoms with van der Waals surface area (Å²) in [5.74, 6) is 0.698. The van der Waals surface area contributed by atoms with Gasteiger partial charge in [-0.15, -0.1) is 11.3 Å². The minimum Gasteiger partial charge on any atom is -0.496 e. The molecule has 2 amide bonds. The zero-order chi connectivity index (χ0) is 24.8. The number of benzene rings is 1. The molecule has 190 valence electrons. The predicted molar refractivity (Wildman–Crippen MR) is 137 cm³/mol. The molecule has 2 saturated heterocycles. The third-order valence-corrected chi connectivity index (χ3v) is 7.73. The van der Waals surface area contributed by atoms with Crippen molar-refractivity contribution in [2.24, 2.45) is 5.73 Å². The monoisotopic (exact) mass is 501 g/mol. The molecule has 35 heavy (non-hydrogen) atoms. The molecule has 2 aliphatic heterocycles. The smallest absolute Gasteiger partial charge is 0.404 e. The van der Waals surface area contributed by atoms with Crippen LogP contribution in [0.15, 0.2) is 23.6 Å². The average Bonchev–Trinajstić information content (AvgIpc) is 3.52. The maximum Gasteiger partial charge on any atom is 0.404 e. The Balaban J connectivity index is 1.52. The number of primary amides is 1. The van der Waals surface area contributed by atoms with Gasteiger partial charge < -0.3 is 25.8 Å². The number of ether oxygens (including phenoxy) is 2.